The van der Waals surface area contributed by atoms with Gasteiger partial charge in [0.1, 0.15) is 11.8 Å². The van der Waals surface area contributed by atoms with Crippen molar-refractivity contribution in [2.75, 3.05) is 13.1 Å². The Kier molecular flexibility index (Phi) is 4.02. The van der Waals surface area contributed by atoms with Crippen LogP contribution in [-0.4, -0.2) is 46.6 Å². The van der Waals surface area contributed by atoms with E-state index in [1.54, 1.807) is 20.8 Å². The topological polar surface area (TPSA) is 49.8 Å². The number of likely N-dealkylation sites (tertiary alicyclic amines) is 1. The number of hydrogen-bond donors (Lipinski definition) is 1. The zero-order chi connectivity index (χ0) is 13.3. The summed E-state index contributed by atoms with van der Waals surface area (Å²) in [5.41, 5.74) is -1.90. The van der Waals surface area contributed by atoms with Gasteiger partial charge in [-0.2, -0.15) is 0 Å². The highest BCUT2D eigenvalue weighted by Crippen LogP contribution is 2.25. The largest absolute Gasteiger partial charge is 0.444 e. The van der Waals surface area contributed by atoms with Crippen molar-refractivity contribution in [3.8, 4) is 0 Å². The third kappa shape index (κ3) is 4.15. The van der Waals surface area contributed by atoms with Crippen LogP contribution in [-0.2, 0) is 4.74 Å². The van der Waals surface area contributed by atoms with Crippen LogP contribution in [0.3, 0.4) is 0 Å². The summed E-state index contributed by atoms with van der Waals surface area (Å²) in [5, 5.41) is 9.80. The molecule has 1 rings (SSSR count). The molecule has 0 saturated carbocycles. The lowest BCUT2D eigenvalue weighted by atomic mass is 9.96. The van der Waals surface area contributed by atoms with Crippen molar-refractivity contribution in [2.24, 2.45) is 0 Å². The number of ether oxygens (including phenoxy) is 1. The van der Waals surface area contributed by atoms with Crippen molar-refractivity contribution in [3.05, 3.63) is 0 Å². The van der Waals surface area contributed by atoms with E-state index in [1.807, 2.05) is 0 Å². The number of carbonyl (C=O) groups is 1. The SMILES string of the molecule is CC(C)(C)OC(=O)N1CCC(F)C(C)(O)CC1. The second-order valence-electron chi connectivity index (χ2n) is 5.83. The quantitative estimate of drug-likeness (QED) is 0.713. The fourth-order valence-corrected chi connectivity index (χ4v) is 1.72. The number of alkyl halides is 1. The molecule has 1 N–H and O–H groups in total. The van der Waals surface area contributed by atoms with E-state index in [-0.39, 0.29) is 19.4 Å². The number of aliphatic hydroxyl groups is 1. The van der Waals surface area contributed by atoms with Gasteiger partial charge < -0.3 is 14.7 Å². The molecule has 0 radical (unpaired) electrons. The molecule has 17 heavy (non-hydrogen) atoms. The van der Waals surface area contributed by atoms with Crippen LogP contribution in [0, 0.1) is 0 Å². The summed E-state index contributed by atoms with van der Waals surface area (Å²) in [6.07, 6.45) is -1.36. The maximum Gasteiger partial charge on any atom is 0.410 e. The molecule has 1 heterocycles. The minimum absolute atomic E-state index is 0.145. The molecule has 5 heteroatoms. The molecule has 0 aliphatic carbocycles. The Hall–Kier alpha value is -0.840. The Bertz CT molecular complexity index is 286. The van der Waals surface area contributed by atoms with E-state index in [0.29, 0.717) is 6.54 Å². The van der Waals surface area contributed by atoms with Crippen molar-refractivity contribution in [1.29, 1.82) is 0 Å². The third-order valence-electron chi connectivity index (χ3n) is 2.87. The molecule has 4 nitrogen and oxygen atoms in total. The lowest BCUT2D eigenvalue weighted by molar-refractivity contribution is -0.0220. The molecule has 0 spiro atoms. The second kappa shape index (κ2) is 4.80. The lowest BCUT2D eigenvalue weighted by Gasteiger charge is -2.26. The number of rotatable bonds is 0. The number of halogens is 1. The van der Waals surface area contributed by atoms with Gasteiger partial charge >= 0.3 is 6.09 Å². The number of amides is 1. The van der Waals surface area contributed by atoms with Gasteiger partial charge in [0.05, 0.1) is 5.60 Å². The van der Waals surface area contributed by atoms with Gasteiger partial charge in [0, 0.05) is 13.1 Å². The number of nitrogens with zero attached hydrogens (tertiary/aromatic N) is 1. The molecule has 100 valence electrons. The molecular formula is C12H22FNO3. The first-order valence-corrected chi connectivity index (χ1v) is 5.96. The Morgan fingerprint density at radius 3 is 2.59 bits per heavy atom. The highest BCUT2D eigenvalue weighted by atomic mass is 19.1. The maximum absolute atomic E-state index is 13.6. The van der Waals surface area contributed by atoms with E-state index in [4.69, 9.17) is 4.74 Å². The van der Waals surface area contributed by atoms with Gasteiger partial charge in [-0.25, -0.2) is 9.18 Å². The molecule has 2 atom stereocenters. The fraction of sp³-hybridized carbons (Fsp3) is 0.917. The summed E-state index contributed by atoms with van der Waals surface area (Å²) in [6.45, 7) is 7.44. The molecule has 1 aliphatic heterocycles. The summed E-state index contributed by atoms with van der Waals surface area (Å²) >= 11 is 0. The maximum atomic E-state index is 13.6. The average Bonchev–Trinajstić information content (AvgIpc) is 2.25. The molecule has 1 saturated heterocycles. The van der Waals surface area contributed by atoms with Gasteiger partial charge in [0.25, 0.3) is 0 Å². The summed E-state index contributed by atoms with van der Waals surface area (Å²) in [4.78, 5) is 13.2. The van der Waals surface area contributed by atoms with Crippen LogP contribution in [0.15, 0.2) is 0 Å². The smallest absolute Gasteiger partial charge is 0.410 e. The van der Waals surface area contributed by atoms with Crippen LogP contribution >= 0.6 is 0 Å². The van der Waals surface area contributed by atoms with Crippen molar-refractivity contribution in [3.63, 3.8) is 0 Å². The summed E-state index contributed by atoms with van der Waals surface area (Å²) in [6, 6.07) is 0. The Morgan fingerprint density at radius 2 is 2.06 bits per heavy atom. The van der Waals surface area contributed by atoms with Gasteiger partial charge in [-0.3, -0.25) is 0 Å². The predicted molar refractivity (Wildman–Crippen MR) is 62.6 cm³/mol. The van der Waals surface area contributed by atoms with Crippen LogP contribution < -0.4 is 0 Å². The highest BCUT2D eigenvalue weighted by Gasteiger charge is 2.37. The van der Waals surface area contributed by atoms with Crippen LogP contribution in [0.4, 0.5) is 9.18 Å². The van der Waals surface area contributed by atoms with Crippen molar-refractivity contribution in [1.82, 2.24) is 4.90 Å². The molecule has 0 aromatic heterocycles. The minimum Gasteiger partial charge on any atom is -0.444 e. The minimum atomic E-state index is -1.35. The molecule has 1 fully saturated rings. The van der Waals surface area contributed by atoms with Crippen molar-refractivity contribution in [2.45, 2.75) is 57.9 Å². The molecular weight excluding hydrogens is 225 g/mol. The highest BCUT2D eigenvalue weighted by molar-refractivity contribution is 5.68. The molecule has 2 unspecified atom stereocenters. The fourth-order valence-electron chi connectivity index (χ4n) is 1.72. The van der Waals surface area contributed by atoms with Crippen molar-refractivity contribution < 1.29 is 19.0 Å². The van der Waals surface area contributed by atoms with E-state index >= 15 is 0 Å². The van der Waals surface area contributed by atoms with Crippen LogP contribution in [0.1, 0.15) is 40.5 Å². The van der Waals surface area contributed by atoms with Gasteiger partial charge in [-0.15, -0.1) is 0 Å². The lowest BCUT2D eigenvalue weighted by Crippen LogP contribution is -2.38. The Labute approximate surface area is 102 Å². The van der Waals surface area contributed by atoms with Gasteiger partial charge in [-0.1, -0.05) is 0 Å². The zero-order valence-corrected chi connectivity index (χ0v) is 11.0. The molecule has 1 aliphatic rings. The van der Waals surface area contributed by atoms with Gasteiger partial charge in [0.15, 0.2) is 0 Å². The standard InChI is InChI=1S/C12H22FNO3/c1-11(2,3)17-10(15)14-7-5-9(13)12(4,16)6-8-14/h9,16H,5-8H2,1-4H3. The zero-order valence-electron chi connectivity index (χ0n) is 11.0. The number of carbonyl (C=O) groups excluding carboxylic acids is 1. The molecule has 0 aromatic carbocycles. The molecule has 0 aromatic rings. The Balaban J connectivity index is 2.60. The average molecular weight is 247 g/mol. The van der Waals surface area contributed by atoms with E-state index in [0.717, 1.165) is 0 Å². The van der Waals surface area contributed by atoms with Crippen LogP contribution in [0.5, 0.6) is 0 Å². The summed E-state index contributed by atoms with van der Waals surface area (Å²) in [5.74, 6) is 0. The van der Waals surface area contributed by atoms with Crippen molar-refractivity contribution >= 4 is 6.09 Å². The molecule has 0 bridgehead atoms. The third-order valence-corrected chi connectivity index (χ3v) is 2.87. The molecule has 1 amide bonds. The summed E-state index contributed by atoms with van der Waals surface area (Å²) < 4.78 is 18.8. The first kappa shape index (κ1) is 14.2. The van der Waals surface area contributed by atoms with E-state index in [9.17, 15) is 14.3 Å². The Morgan fingerprint density at radius 1 is 1.47 bits per heavy atom. The monoisotopic (exact) mass is 247 g/mol. The first-order valence-electron chi connectivity index (χ1n) is 5.96. The van der Waals surface area contributed by atoms with Crippen LogP contribution in [0.2, 0.25) is 0 Å². The van der Waals surface area contributed by atoms with E-state index in [2.05, 4.69) is 0 Å². The van der Waals surface area contributed by atoms with Gasteiger partial charge in [0.2, 0.25) is 0 Å². The van der Waals surface area contributed by atoms with Gasteiger partial charge in [-0.05, 0) is 40.5 Å². The van der Waals surface area contributed by atoms with Crippen LogP contribution in [0.25, 0.3) is 0 Å². The second-order valence-corrected chi connectivity index (χ2v) is 5.83. The predicted octanol–water partition coefficient (Wildman–Crippen LogP) is 2.11. The first-order chi connectivity index (χ1) is 7.62. The number of hydrogen-bond acceptors (Lipinski definition) is 3. The summed E-state index contributed by atoms with van der Waals surface area (Å²) in [7, 11) is 0. The normalized spacial score (nSPS) is 30.9. The van der Waals surface area contributed by atoms with E-state index < -0.39 is 23.5 Å². The van der Waals surface area contributed by atoms with E-state index in [1.165, 1.54) is 11.8 Å².